The zero-order valence-electron chi connectivity index (χ0n) is 12.4. The first-order valence-electron chi connectivity index (χ1n) is 6.68. The van der Waals surface area contributed by atoms with E-state index in [2.05, 4.69) is 23.9 Å². The average molecular weight is 332 g/mol. The van der Waals surface area contributed by atoms with E-state index in [0.717, 1.165) is 16.8 Å². The Bertz CT molecular complexity index is 737. The number of aliphatic imine (C=N–C) groups is 1. The summed E-state index contributed by atoms with van der Waals surface area (Å²) < 4.78 is 5.32. The lowest BCUT2D eigenvalue weighted by atomic mass is 10.1. The van der Waals surface area contributed by atoms with Crippen LogP contribution in [-0.4, -0.2) is 12.8 Å². The van der Waals surface area contributed by atoms with Crippen molar-refractivity contribution in [1.82, 2.24) is 0 Å². The molecule has 0 aliphatic carbocycles. The third-order valence-electron chi connectivity index (χ3n) is 3.25. The van der Waals surface area contributed by atoms with Crippen LogP contribution in [0, 0.1) is 26.2 Å². The maximum Gasteiger partial charge on any atom is 0.157 e. The molecule has 2 aromatic carbocycles. The fourth-order valence-corrected chi connectivity index (χ4v) is 2.54. The van der Waals surface area contributed by atoms with Crippen LogP contribution in [0.5, 0.6) is 5.75 Å². The lowest BCUT2D eigenvalue weighted by molar-refractivity contribution is 0.371. The minimum atomic E-state index is 0.120. The molecule has 22 heavy (non-hydrogen) atoms. The molecule has 0 radical (unpaired) electrons. The molecule has 0 amide bonds. The van der Waals surface area contributed by atoms with Gasteiger partial charge in [0.05, 0.1) is 15.7 Å². The summed E-state index contributed by atoms with van der Waals surface area (Å²) in [4.78, 5) is 4.50. The van der Waals surface area contributed by atoms with E-state index in [1.54, 1.807) is 18.3 Å². The van der Waals surface area contributed by atoms with Gasteiger partial charge in [0.1, 0.15) is 6.61 Å². The number of benzene rings is 2. The number of nitrogens with zero attached hydrogens (tertiary/aromatic N) is 1. The lowest BCUT2D eigenvalue weighted by Gasteiger charge is -2.08. The van der Waals surface area contributed by atoms with Crippen LogP contribution in [0.1, 0.15) is 16.7 Å². The number of halogens is 2. The van der Waals surface area contributed by atoms with Crippen LogP contribution in [0.3, 0.4) is 0 Å². The quantitative estimate of drug-likeness (QED) is 0.545. The molecule has 0 saturated carbocycles. The molecule has 2 rings (SSSR count). The van der Waals surface area contributed by atoms with E-state index >= 15 is 0 Å². The monoisotopic (exact) mass is 331 g/mol. The van der Waals surface area contributed by atoms with Gasteiger partial charge in [0.15, 0.2) is 5.75 Å². The van der Waals surface area contributed by atoms with Crippen molar-refractivity contribution in [3.05, 3.63) is 57.1 Å². The number of terminal acetylenes is 1. The third kappa shape index (κ3) is 3.82. The third-order valence-corrected chi connectivity index (χ3v) is 3.81. The van der Waals surface area contributed by atoms with Crippen molar-refractivity contribution < 1.29 is 4.74 Å². The molecule has 0 aromatic heterocycles. The fraction of sp³-hybridized carbons (Fsp3) is 0.167. The van der Waals surface area contributed by atoms with E-state index in [4.69, 9.17) is 34.4 Å². The van der Waals surface area contributed by atoms with Crippen molar-refractivity contribution in [1.29, 1.82) is 0 Å². The first kappa shape index (κ1) is 16.4. The Morgan fingerprint density at radius 2 is 1.91 bits per heavy atom. The summed E-state index contributed by atoms with van der Waals surface area (Å²) in [6.45, 7) is 4.22. The highest BCUT2D eigenvalue weighted by atomic mass is 35.5. The largest absolute Gasteiger partial charge is 0.478 e. The molecule has 112 valence electrons. The molecule has 0 bridgehead atoms. The molecule has 0 spiro atoms. The summed E-state index contributed by atoms with van der Waals surface area (Å²) in [5, 5.41) is 0.815. The number of rotatable bonds is 4. The first-order valence-corrected chi connectivity index (χ1v) is 7.44. The standard InChI is InChI=1S/C18H15Cl2NO/c1-4-8-22-18-15(19)9-14(10-16(18)20)11-21-17-7-5-6-12(2)13(17)3/h1,5-7,9-11H,8H2,2-3H3. The van der Waals surface area contributed by atoms with Crippen LogP contribution in [0.2, 0.25) is 10.0 Å². The van der Waals surface area contributed by atoms with Gasteiger partial charge in [-0.25, -0.2) is 0 Å². The summed E-state index contributed by atoms with van der Waals surface area (Å²) in [5.74, 6) is 2.77. The molecule has 2 aromatic rings. The van der Waals surface area contributed by atoms with Crippen LogP contribution in [0.4, 0.5) is 5.69 Å². The molecule has 0 aliphatic rings. The van der Waals surface area contributed by atoms with Gasteiger partial charge in [-0.15, -0.1) is 6.42 Å². The minimum absolute atomic E-state index is 0.120. The van der Waals surface area contributed by atoms with Crippen molar-refractivity contribution in [3.8, 4) is 18.1 Å². The summed E-state index contributed by atoms with van der Waals surface area (Å²) in [5.41, 5.74) is 4.05. The van der Waals surface area contributed by atoms with Gasteiger partial charge in [0, 0.05) is 6.21 Å². The van der Waals surface area contributed by atoms with Crippen molar-refractivity contribution in [2.24, 2.45) is 4.99 Å². The summed E-state index contributed by atoms with van der Waals surface area (Å²) in [7, 11) is 0. The minimum Gasteiger partial charge on any atom is -0.478 e. The molecular weight excluding hydrogens is 317 g/mol. The Labute approximate surface area is 140 Å². The number of ether oxygens (including phenoxy) is 1. The predicted molar refractivity (Wildman–Crippen MR) is 94.0 cm³/mol. The maximum absolute atomic E-state index is 6.17. The number of hydrogen-bond donors (Lipinski definition) is 0. The molecule has 0 aliphatic heterocycles. The smallest absolute Gasteiger partial charge is 0.157 e. The van der Waals surface area contributed by atoms with Crippen LogP contribution in [-0.2, 0) is 0 Å². The Hall–Kier alpha value is -1.95. The normalized spacial score (nSPS) is 10.7. The van der Waals surface area contributed by atoms with Crippen LogP contribution in [0.25, 0.3) is 0 Å². The van der Waals surface area contributed by atoms with Gasteiger partial charge >= 0.3 is 0 Å². The molecular formula is C18H15Cl2NO. The van der Waals surface area contributed by atoms with Crippen molar-refractivity contribution >= 4 is 35.1 Å². The topological polar surface area (TPSA) is 21.6 Å². The summed E-state index contributed by atoms with van der Waals surface area (Å²) in [6.07, 6.45) is 6.89. The van der Waals surface area contributed by atoms with Crippen molar-refractivity contribution in [2.75, 3.05) is 6.61 Å². The second-order valence-electron chi connectivity index (χ2n) is 4.78. The zero-order valence-corrected chi connectivity index (χ0v) is 13.9. The van der Waals surface area contributed by atoms with Gasteiger partial charge in [-0.2, -0.15) is 0 Å². The highest BCUT2D eigenvalue weighted by Gasteiger charge is 2.09. The molecule has 0 unspecified atom stereocenters. The Kier molecular flexibility index (Phi) is 5.49. The van der Waals surface area contributed by atoms with Gasteiger partial charge in [-0.05, 0) is 48.7 Å². The van der Waals surface area contributed by atoms with Gasteiger partial charge in [0.25, 0.3) is 0 Å². The SMILES string of the molecule is C#CCOc1c(Cl)cc(C=Nc2cccc(C)c2C)cc1Cl. The van der Waals surface area contributed by atoms with Crippen molar-refractivity contribution in [2.45, 2.75) is 13.8 Å². The van der Waals surface area contributed by atoms with Gasteiger partial charge < -0.3 is 4.74 Å². The van der Waals surface area contributed by atoms with Crippen LogP contribution in [0.15, 0.2) is 35.3 Å². The second kappa shape index (κ2) is 7.35. The van der Waals surface area contributed by atoms with Gasteiger partial charge in [-0.3, -0.25) is 4.99 Å². The molecule has 4 heteroatoms. The predicted octanol–water partition coefficient (Wildman–Crippen LogP) is 5.37. The second-order valence-corrected chi connectivity index (χ2v) is 5.60. The van der Waals surface area contributed by atoms with Crippen LogP contribution >= 0.6 is 23.2 Å². The van der Waals surface area contributed by atoms with E-state index < -0.39 is 0 Å². The molecule has 0 saturated heterocycles. The molecule has 2 nitrogen and oxygen atoms in total. The molecule has 0 atom stereocenters. The molecule has 0 fully saturated rings. The van der Waals surface area contributed by atoms with Gasteiger partial charge in [-0.1, -0.05) is 41.3 Å². The fourth-order valence-electron chi connectivity index (χ4n) is 1.93. The van der Waals surface area contributed by atoms with Crippen molar-refractivity contribution in [3.63, 3.8) is 0 Å². The molecule has 0 heterocycles. The lowest BCUT2D eigenvalue weighted by Crippen LogP contribution is -1.96. The average Bonchev–Trinajstić information content (AvgIpc) is 2.48. The highest BCUT2D eigenvalue weighted by Crippen LogP contribution is 2.34. The van der Waals surface area contributed by atoms with E-state index in [1.165, 1.54) is 5.56 Å². The van der Waals surface area contributed by atoms with E-state index in [1.807, 2.05) is 19.1 Å². The Balaban J connectivity index is 2.29. The van der Waals surface area contributed by atoms with Gasteiger partial charge in [0.2, 0.25) is 0 Å². The highest BCUT2D eigenvalue weighted by molar-refractivity contribution is 6.37. The van der Waals surface area contributed by atoms with E-state index in [-0.39, 0.29) is 6.61 Å². The summed E-state index contributed by atoms with van der Waals surface area (Å²) >= 11 is 12.3. The first-order chi connectivity index (χ1) is 10.5. The van der Waals surface area contributed by atoms with Crippen LogP contribution < -0.4 is 4.74 Å². The zero-order chi connectivity index (χ0) is 16.1. The van der Waals surface area contributed by atoms with E-state index in [0.29, 0.717) is 15.8 Å². The summed E-state index contributed by atoms with van der Waals surface area (Å²) in [6, 6.07) is 9.49. The Morgan fingerprint density at radius 1 is 1.23 bits per heavy atom. The maximum atomic E-state index is 6.17. The molecule has 0 N–H and O–H groups in total. The number of hydrogen-bond acceptors (Lipinski definition) is 2. The number of aryl methyl sites for hydroxylation is 1. The van der Waals surface area contributed by atoms with E-state index in [9.17, 15) is 0 Å². The Morgan fingerprint density at radius 3 is 2.55 bits per heavy atom.